The summed E-state index contributed by atoms with van der Waals surface area (Å²) in [6, 6.07) is 9.24. The lowest BCUT2D eigenvalue weighted by Gasteiger charge is -2.25. The summed E-state index contributed by atoms with van der Waals surface area (Å²) in [5, 5.41) is 5.57. The van der Waals surface area contributed by atoms with Gasteiger partial charge in [-0.05, 0) is 36.9 Å². The van der Waals surface area contributed by atoms with Crippen molar-refractivity contribution in [3.05, 3.63) is 46.3 Å². The molecule has 20 heavy (non-hydrogen) atoms. The average molecular weight is 287 g/mol. The second-order valence-corrected chi connectivity index (χ2v) is 6.24. The molecular formula is C16H21N3S. The van der Waals surface area contributed by atoms with E-state index in [1.807, 2.05) is 23.6 Å². The Hall–Kier alpha value is -1.39. The number of thiophene rings is 1. The fourth-order valence-corrected chi connectivity index (χ4v) is 3.12. The molecule has 3 nitrogen and oxygen atoms in total. The average Bonchev–Trinajstić information content (AvgIpc) is 3.20. The zero-order valence-electron chi connectivity index (χ0n) is 11.9. The number of aromatic nitrogens is 1. The largest absolute Gasteiger partial charge is 0.348 e. The molecule has 106 valence electrons. The summed E-state index contributed by atoms with van der Waals surface area (Å²) in [5.74, 6) is 1.16. The highest BCUT2D eigenvalue weighted by molar-refractivity contribution is 7.09. The molecule has 3 rings (SSSR count). The molecule has 2 heterocycles. The van der Waals surface area contributed by atoms with Crippen LogP contribution in [-0.4, -0.2) is 17.6 Å². The van der Waals surface area contributed by atoms with E-state index in [1.165, 1.54) is 23.3 Å². The topological polar surface area (TPSA) is 28.2 Å². The standard InChI is InChI=1S/C16H21N3S/c1-2-17-11-13-5-3-9-18-16(13)19(14-7-8-14)12-15-6-4-10-20-15/h3-6,9-10,14,17H,2,7-8,11-12H2,1H3. The minimum Gasteiger partial charge on any atom is -0.348 e. The molecule has 0 bridgehead atoms. The van der Waals surface area contributed by atoms with E-state index in [4.69, 9.17) is 0 Å². The smallest absolute Gasteiger partial charge is 0.133 e. The summed E-state index contributed by atoms with van der Waals surface area (Å²) >= 11 is 1.83. The number of nitrogens with zero attached hydrogens (tertiary/aromatic N) is 2. The molecule has 2 aromatic rings. The monoisotopic (exact) mass is 287 g/mol. The molecule has 0 amide bonds. The van der Waals surface area contributed by atoms with Gasteiger partial charge in [-0.2, -0.15) is 0 Å². The quantitative estimate of drug-likeness (QED) is 0.845. The summed E-state index contributed by atoms with van der Waals surface area (Å²) in [4.78, 5) is 8.56. The lowest BCUT2D eigenvalue weighted by molar-refractivity contribution is 0.709. The number of hydrogen-bond donors (Lipinski definition) is 1. The first kappa shape index (κ1) is 13.6. The Morgan fingerprint density at radius 2 is 2.25 bits per heavy atom. The molecule has 0 radical (unpaired) electrons. The van der Waals surface area contributed by atoms with E-state index in [9.17, 15) is 0 Å². The Morgan fingerprint density at radius 3 is 2.95 bits per heavy atom. The van der Waals surface area contributed by atoms with Gasteiger partial charge in [-0.1, -0.05) is 19.1 Å². The van der Waals surface area contributed by atoms with Gasteiger partial charge in [0.1, 0.15) is 5.82 Å². The molecule has 0 aromatic carbocycles. The van der Waals surface area contributed by atoms with E-state index in [0.29, 0.717) is 6.04 Å². The summed E-state index contributed by atoms with van der Waals surface area (Å²) in [6.45, 7) is 5.01. The molecule has 0 aliphatic heterocycles. The van der Waals surface area contributed by atoms with Gasteiger partial charge in [0.05, 0.1) is 6.54 Å². The zero-order valence-corrected chi connectivity index (χ0v) is 12.7. The van der Waals surface area contributed by atoms with Crippen LogP contribution in [0.3, 0.4) is 0 Å². The number of nitrogens with one attached hydrogen (secondary N) is 1. The van der Waals surface area contributed by atoms with Crippen molar-refractivity contribution >= 4 is 17.2 Å². The fraction of sp³-hybridized carbons (Fsp3) is 0.438. The predicted molar refractivity (Wildman–Crippen MR) is 85.1 cm³/mol. The molecule has 0 spiro atoms. The van der Waals surface area contributed by atoms with Gasteiger partial charge >= 0.3 is 0 Å². The third kappa shape index (κ3) is 3.19. The third-order valence-electron chi connectivity index (χ3n) is 3.60. The summed E-state index contributed by atoms with van der Waals surface area (Å²) in [6.07, 6.45) is 4.50. The van der Waals surface area contributed by atoms with Crippen molar-refractivity contribution in [3.8, 4) is 0 Å². The summed E-state index contributed by atoms with van der Waals surface area (Å²) in [7, 11) is 0. The summed E-state index contributed by atoms with van der Waals surface area (Å²) < 4.78 is 0. The highest BCUT2D eigenvalue weighted by Gasteiger charge is 2.31. The number of anilines is 1. The Bertz CT molecular complexity index is 534. The molecule has 2 aromatic heterocycles. The van der Waals surface area contributed by atoms with Crippen LogP contribution in [0.25, 0.3) is 0 Å². The van der Waals surface area contributed by atoms with Gasteiger partial charge in [0.2, 0.25) is 0 Å². The maximum Gasteiger partial charge on any atom is 0.133 e. The minimum absolute atomic E-state index is 0.673. The van der Waals surface area contributed by atoms with Crippen LogP contribution in [0.4, 0.5) is 5.82 Å². The second-order valence-electron chi connectivity index (χ2n) is 5.20. The van der Waals surface area contributed by atoms with Gasteiger partial charge < -0.3 is 10.2 Å². The van der Waals surface area contributed by atoms with Gasteiger partial charge in [-0.15, -0.1) is 11.3 Å². The van der Waals surface area contributed by atoms with Crippen molar-refractivity contribution in [2.75, 3.05) is 11.4 Å². The molecule has 0 saturated heterocycles. The fourth-order valence-electron chi connectivity index (χ4n) is 2.42. The first-order chi connectivity index (χ1) is 9.88. The predicted octanol–water partition coefficient (Wildman–Crippen LogP) is 3.42. The third-order valence-corrected chi connectivity index (χ3v) is 4.46. The van der Waals surface area contributed by atoms with Crippen LogP contribution in [0.15, 0.2) is 35.8 Å². The maximum absolute atomic E-state index is 4.66. The molecule has 4 heteroatoms. The number of hydrogen-bond acceptors (Lipinski definition) is 4. The van der Waals surface area contributed by atoms with Gasteiger partial charge in [0.25, 0.3) is 0 Å². The van der Waals surface area contributed by atoms with Crippen molar-refractivity contribution in [2.24, 2.45) is 0 Å². The molecule has 1 saturated carbocycles. The minimum atomic E-state index is 0.673. The van der Waals surface area contributed by atoms with E-state index in [2.05, 4.69) is 45.7 Å². The van der Waals surface area contributed by atoms with Gasteiger partial charge in [-0.3, -0.25) is 0 Å². The summed E-state index contributed by atoms with van der Waals surface area (Å²) in [5.41, 5.74) is 1.30. The molecule has 1 aliphatic rings. The van der Waals surface area contributed by atoms with E-state index in [1.54, 1.807) is 0 Å². The highest BCUT2D eigenvalue weighted by Crippen LogP contribution is 2.34. The number of rotatable bonds is 7. The lowest BCUT2D eigenvalue weighted by atomic mass is 10.2. The van der Waals surface area contributed by atoms with E-state index >= 15 is 0 Å². The van der Waals surface area contributed by atoms with Gasteiger partial charge in [0.15, 0.2) is 0 Å². The first-order valence-corrected chi connectivity index (χ1v) is 8.20. The van der Waals surface area contributed by atoms with Gasteiger partial charge in [-0.25, -0.2) is 4.98 Å². The van der Waals surface area contributed by atoms with Crippen molar-refractivity contribution < 1.29 is 0 Å². The highest BCUT2D eigenvalue weighted by atomic mass is 32.1. The van der Waals surface area contributed by atoms with Crippen LogP contribution >= 0.6 is 11.3 Å². The first-order valence-electron chi connectivity index (χ1n) is 7.32. The Kier molecular flexibility index (Phi) is 4.33. The second kappa shape index (κ2) is 6.37. The van der Waals surface area contributed by atoms with Crippen molar-refractivity contribution in [3.63, 3.8) is 0 Å². The van der Waals surface area contributed by atoms with Crippen LogP contribution in [0.2, 0.25) is 0 Å². The van der Waals surface area contributed by atoms with Crippen LogP contribution in [0.1, 0.15) is 30.2 Å². The number of pyridine rings is 1. The Balaban J connectivity index is 1.83. The molecule has 1 N–H and O–H groups in total. The van der Waals surface area contributed by atoms with Crippen LogP contribution in [-0.2, 0) is 13.1 Å². The van der Waals surface area contributed by atoms with Crippen LogP contribution < -0.4 is 10.2 Å². The van der Waals surface area contributed by atoms with E-state index in [0.717, 1.165) is 25.5 Å². The Labute approximate surface area is 124 Å². The lowest BCUT2D eigenvalue weighted by Crippen LogP contribution is -2.27. The molecule has 0 unspecified atom stereocenters. The van der Waals surface area contributed by atoms with Crippen LogP contribution in [0, 0.1) is 0 Å². The zero-order chi connectivity index (χ0) is 13.8. The van der Waals surface area contributed by atoms with Crippen molar-refractivity contribution in [1.29, 1.82) is 0 Å². The normalized spacial score (nSPS) is 14.4. The Morgan fingerprint density at radius 1 is 1.35 bits per heavy atom. The van der Waals surface area contributed by atoms with Gasteiger partial charge in [0, 0.05) is 29.2 Å². The molecule has 1 aliphatic carbocycles. The van der Waals surface area contributed by atoms with Crippen molar-refractivity contribution in [2.45, 2.75) is 38.9 Å². The molecule has 1 fully saturated rings. The van der Waals surface area contributed by atoms with Crippen LogP contribution in [0.5, 0.6) is 0 Å². The molecule has 0 atom stereocenters. The van der Waals surface area contributed by atoms with Crippen molar-refractivity contribution in [1.82, 2.24) is 10.3 Å². The van der Waals surface area contributed by atoms with E-state index in [-0.39, 0.29) is 0 Å². The van der Waals surface area contributed by atoms with E-state index < -0.39 is 0 Å². The maximum atomic E-state index is 4.66. The molecular weight excluding hydrogens is 266 g/mol. The SMILES string of the molecule is CCNCc1cccnc1N(Cc1cccs1)C1CC1.